The Kier molecular flexibility index (Phi) is 10.4. The maximum atomic E-state index is 14.0. The molecular formula is C23H29ClFIN6. The van der Waals surface area contributed by atoms with Gasteiger partial charge in [-0.05, 0) is 55.6 Å². The van der Waals surface area contributed by atoms with E-state index in [1.165, 1.54) is 6.07 Å². The lowest BCUT2D eigenvalue weighted by Gasteiger charge is -2.21. The van der Waals surface area contributed by atoms with Crippen LogP contribution >= 0.6 is 35.6 Å². The lowest BCUT2D eigenvalue weighted by Crippen LogP contribution is -2.40. The average molecular weight is 571 g/mol. The van der Waals surface area contributed by atoms with Crippen molar-refractivity contribution < 1.29 is 4.39 Å². The van der Waals surface area contributed by atoms with Crippen molar-refractivity contribution in [2.45, 2.75) is 19.1 Å². The fourth-order valence-electron chi connectivity index (χ4n) is 3.31. The van der Waals surface area contributed by atoms with E-state index < -0.39 is 0 Å². The Morgan fingerprint density at radius 3 is 2.56 bits per heavy atom. The number of nitrogens with zero attached hydrogens (tertiary/aromatic N) is 4. The Bertz CT molecular complexity index is 992. The van der Waals surface area contributed by atoms with E-state index in [2.05, 4.69) is 20.7 Å². The number of hydrogen-bond donors (Lipinski definition) is 2. The number of benzene rings is 2. The van der Waals surface area contributed by atoms with E-state index >= 15 is 0 Å². The molecule has 0 saturated carbocycles. The number of rotatable bonds is 8. The van der Waals surface area contributed by atoms with Gasteiger partial charge in [0.2, 0.25) is 0 Å². The van der Waals surface area contributed by atoms with Crippen LogP contribution in [0, 0.1) is 5.82 Å². The third-order valence-electron chi connectivity index (χ3n) is 4.84. The van der Waals surface area contributed by atoms with Crippen molar-refractivity contribution in [2.75, 3.05) is 27.7 Å². The molecule has 1 unspecified atom stereocenters. The Balaban J connectivity index is 0.00000363. The third-order valence-corrected chi connectivity index (χ3v) is 5.09. The minimum absolute atomic E-state index is 0. The summed E-state index contributed by atoms with van der Waals surface area (Å²) in [6.45, 7) is 1.67. The van der Waals surface area contributed by atoms with Crippen LogP contribution in [0.15, 0.2) is 65.9 Å². The minimum Gasteiger partial charge on any atom is -0.354 e. The molecule has 3 rings (SSSR count). The Labute approximate surface area is 210 Å². The quantitative estimate of drug-likeness (QED) is 0.241. The number of guanidine groups is 1. The molecule has 6 nitrogen and oxygen atoms in total. The maximum absolute atomic E-state index is 14.0. The number of aromatic nitrogens is 2. The fourth-order valence-corrected chi connectivity index (χ4v) is 3.44. The normalized spacial score (nSPS) is 12.4. The molecule has 172 valence electrons. The Morgan fingerprint density at radius 2 is 1.94 bits per heavy atom. The van der Waals surface area contributed by atoms with E-state index in [1.807, 2.05) is 66.3 Å². The third kappa shape index (κ3) is 7.46. The Morgan fingerprint density at radius 1 is 1.19 bits per heavy atom. The van der Waals surface area contributed by atoms with E-state index in [4.69, 9.17) is 11.6 Å². The number of nitrogens with one attached hydrogen (secondary N) is 2. The number of hydrogen-bond acceptors (Lipinski definition) is 3. The van der Waals surface area contributed by atoms with Gasteiger partial charge in [0.05, 0.1) is 6.04 Å². The second kappa shape index (κ2) is 12.8. The van der Waals surface area contributed by atoms with Crippen molar-refractivity contribution >= 4 is 41.5 Å². The molecule has 0 fully saturated rings. The van der Waals surface area contributed by atoms with Crippen molar-refractivity contribution in [3.63, 3.8) is 0 Å². The first-order valence-electron chi connectivity index (χ1n) is 10.1. The van der Waals surface area contributed by atoms with Gasteiger partial charge in [0, 0.05) is 49.7 Å². The van der Waals surface area contributed by atoms with E-state index in [0.717, 1.165) is 11.1 Å². The second-order valence-corrected chi connectivity index (χ2v) is 7.96. The molecule has 1 atom stereocenters. The van der Waals surface area contributed by atoms with Crippen LogP contribution in [-0.2, 0) is 13.1 Å². The standard InChI is InChI=1S/C23H28ClFN6.HI/c1-26-23(27-14-17-5-10-21(25)19(13-17)16-30(2)3)28-15-22(31-12-4-11-29-31)18-6-8-20(24)9-7-18;/h4-13,22H,14-16H2,1-3H3,(H2,26,27,28);1H. The lowest BCUT2D eigenvalue weighted by atomic mass is 10.1. The summed E-state index contributed by atoms with van der Waals surface area (Å²) in [4.78, 5) is 6.26. The maximum Gasteiger partial charge on any atom is 0.191 e. The SMILES string of the molecule is CN=C(NCc1ccc(F)c(CN(C)C)c1)NCC(c1ccc(Cl)cc1)n1cccn1.I. The molecule has 0 aliphatic heterocycles. The lowest BCUT2D eigenvalue weighted by molar-refractivity contribution is 0.392. The molecule has 0 bridgehead atoms. The number of aliphatic imine (C=N–C) groups is 1. The van der Waals surface area contributed by atoms with Crippen molar-refractivity contribution in [1.82, 2.24) is 25.3 Å². The molecule has 0 aliphatic carbocycles. The molecular weight excluding hydrogens is 542 g/mol. The van der Waals surface area contributed by atoms with Gasteiger partial charge in [-0.1, -0.05) is 29.8 Å². The van der Waals surface area contributed by atoms with Gasteiger partial charge in [0.15, 0.2) is 5.96 Å². The fraction of sp³-hybridized carbons (Fsp3) is 0.304. The van der Waals surface area contributed by atoms with Crippen molar-refractivity contribution in [3.05, 3.63) is 88.5 Å². The smallest absolute Gasteiger partial charge is 0.191 e. The zero-order chi connectivity index (χ0) is 22.2. The number of halogens is 3. The summed E-state index contributed by atoms with van der Waals surface area (Å²) in [6, 6.07) is 14.8. The molecule has 0 amide bonds. The largest absolute Gasteiger partial charge is 0.354 e. The zero-order valence-corrected chi connectivity index (χ0v) is 21.5. The molecule has 0 aliphatic rings. The van der Waals surface area contributed by atoms with Gasteiger partial charge >= 0.3 is 0 Å². The predicted molar refractivity (Wildman–Crippen MR) is 139 cm³/mol. The van der Waals surface area contributed by atoms with Gasteiger partial charge in [-0.2, -0.15) is 5.10 Å². The first kappa shape index (κ1) is 26.1. The molecule has 0 saturated heterocycles. The molecule has 0 spiro atoms. The monoisotopic (exact) mass is 570 g/mol. The average Bonchev–Trinajstić information content (AvgIpc) is 3.28. The van der Waals surface area contributed by atoms with E-state index in [1.54, 1.807) is 19.3 Å². The summed E-state index contributed by atoms with van der Waals surface area (Å²) in [6.07, 6.45) is 3.69. The summed E-state index contributed by atoms with van der Waals surface area (Å²) in [5.74, 6) is 0.467. The summed E-state index contributed by atoms with van der Waals surface area (Å²) in [5.41, 5.74) is 2.75. The highest BCUT2D eigenvalue weighted by Crippen LogP contribution is 2.19. The first-order chi connectivity index (χ1) is 15.0. The Hall–Kier alpha value is -2.17. The summed E-state index contributed by atoms with van der Waals surface area (Å²) < 4.78 is 15.9. The van der Waals surface area contributed by atoms with Crippen molar-refractivity contribution in [3.8, 4) is 0 Å². The van der Waals surface area contributed by atoms with E-state index in [9.17, 15) is 4.39 Å². The molecule has 0 radical (unpaired) electrons. The minimum atomic E-state index is -0.190. The van der Waals surface area contributed by atoms with Crippen LogP contribution in [0.3, 0.4) is 0 Å². The van der Waals surface area contributed by atoms with Crippen molar-refractivity contribution in [2.24, 2.45) is 4.99 Å². The van der Waals surface area contributed by atoms with Gasteiger partial charge < -0.3 is 15.5 Å². The van der Waals surface area contributed by atoms with Crippen LogP contribution < -0.4 is 10.6 Å². The second-order valence-electron chi connectivity index (χ2n) is 7.52. The van der Waals surface area contributed by atoms with Gasteiger partial charge in [-0.3, -0.25) is 9.67 Å². The highest BCUT2D eigenvalue weighted by Gasteiger charge is 2.15. The summed E-state index contributed by atoms with van der Waals surface area (Å²) in [7, 11) is 5.57. The highest BCUT2D eigenvalue weighted by atomic mass is 127. The van der Waals surface area contributed by atoms with Crippen LogP contribution in [0.1, 0.15) is 22.7 Å². The summed E-state index contributed by atoms with van der Waals surface area (Å²) in [5, 5.41) is 11.8. The summed E-state index contributed by atoms with van der Waals surface area (Å²) >= 11 is 6.05. The first-order valence-corrected chi connectivity index (χ1v) is 10.4. The van der Waals surface area contributed by atoms with Gasteiger partial charge in [0.1, 0.15) is 5.82 Å². The van der Waals surface area contributed by atoms with E-state index in [-0.39, 0.29) is 35.8 Å². The van der Waals surface area contributed by atoms with Crippen molar-refractivity contribution in [1.29, 1.82) is 0 Å². The predicted octanol–water partition coefficient (Wildman–Crippen LogP) is 4.31. The molecule has 3 aromatic rings. The zero-order valence-electron chi connectivity index (χ0n) is 18.4. The van der Waals surface area contributed by atoms with Gasteiger partial charge in [-0.25, -0.2) is 4.39 Å². The molecule has 1 heterocycles. The molecule has 1 aromatic heterocycles. The van der Waals surface area contributed by atoms with E-state index in [0.29, 0.717) is 36.2 Å². The topological polar surface area (TPSA) is 57.5 Å². The molecule has 2 aromatic carbocycles. The van der Waals surface area contributed by atoms with Crippen LogP contribution in [0.2, 0.25) is 5.02 Å². The van der Waals surface area contributed by atoms with Gasteiger partial charge in [0.25, 0.3) is 0 Å². The van der Waals surface area contributed by atoms with Crippen LogP contribution in [-0.4, -0.2) is 48.3 Å². The van der Waals surface area contributed by atoms with Gasteiger partial charge in [-0.15, -0.1) is 24.0 Å². The highest BCUT2D eigenvalue weighted by molar-refractivity contribution is 14.0. The molecule has 32 heavy (non-hydrogen) atoms. The van der Waals surface area contributed by atoms with Crippen LogP contribution in [0.25, 0.3) is 0 Å². The molecule has 9 heteroatoms. The molecule has 2 N–H and O–H groups in total. The van der Waals surface area contributed by atoms with Crippen LogP contribution in [0.4, 0.5) is 4.39 Å². The van der Waals surface area contributed by atoms with Crippen LogP contribution in [0.5, 0.6) is 0 Å².